The van der Waals surface area contributed by atoms with E-state index in [1.54, 1.807) is 12.1 Å². The Labute approximate surface area is 189 Å². The van der Waals surface area contributed by atoms with Gasteiger partial charge in [0.15, 0.2) is 5.11 Å². The maximum absolute atomic E-state index is 11.8. The summed E-state index contributed by atoms with van der Waals surface area (Å²) in [4.78, 5) is 14.3. The molecule has 166 valence electrons. The molecule has 0 unspecified atom stereocenters. The summed E-state index contributed by atoms with van der Waals surface area (Å²) in [7, 11) is 0. The molecule has 0 saturated carbocycles. The van der Waals surface area contributed by atoms with Crippen LogP contribution in [0.4, 0.5) is 10.5 Å². The number of carbonyl (C=O) groups is 1. The average Bonchev–Trinajstić information content (AvgIpc) is 2.79. The van der Waals surface area contributed by atoms with Crippen molar-refractivity contribution in [1.29, 1.82) is 0 Å². The van der Waals surface area contributed by atoms with Gasteiger partial charge in [-0.15, -0.1) is 0 Å². The number of benzene rings is 2. The average molecular weight is 442 g/mol. The molecule has 0 bridgehead atoms. The number of nitrogens with zero attached hydrogens (tertiary/aromatic N) is 1. The Kier molecular flexibility index (Phi) is 9.40. The quantitative estimate of drug-likeness (QED) is 0.285. The van der Waals surface area contributed by atoms with Crippen LogP contribution in [0, 0.1) is 0 Å². The first-order valence-electron chi connectivity index (χ1n) is 10.8. The van der Waals surface area contributed by atoms with Gasteiger partial charge < -0.3 is 15.4 Å². The number of carbonyl (C=O) groups excluding carboxylic acids is 1. The van der Waals surface area contributed by atoms with Crippen molar-refractivity contribution >= 4 is 29.0 Å². The minimum Gasteiger partial charge on any atom is -0.494 e. The number of anilines is 1. The molecule has 4 N–H and O–H groups in total. The number of hydrazine groups is 1. The van der Waals surface area contributed by atoms with Gasteiger partial charge in [0.25, 0.3) is 0 Å². The fourth-order valence-electron chi connectivity index (χ4n) is 3.42. The molecule has 1 aliphatic heterocycles. The number of rotatable bonds is 8. The SMILES string of the molecule is O=C(NNC(=S)NCCCOc1cccc(CN2CCCCC2)c1)Nc1ccccc1. The number of para-hydroxylation sites is 1. The first kappa shape index (κ1) is 22.8. The van der Waals surface area contributed by atoms with E-state index in [0.717, 1.165) is 18.7 Å². The number of hydrogen-bond donors (Lipinski definition) is 4. The molecule has 1 fully saturated rings. The lowest BCUT2D eigenvalue weighted by Crippen LogP contribution is -2.48. The highest BCUT2D eigenvalue weighted by atomic mass is 32.1. The summed E-state index contributed by atoms with van der Waals surface area (Å²) in [5.74, 6) is 0.898. The van der Waals surface area contributed by atoms with Gasteiger partial charge in [-0.2, -0.15) is 0 Å². The number of likely N-dealkylation sites (tertiary alicyclic amines) is 1. The molecule has 0 aromatic heterocycles. The molecular formula is C23H31N5O2S. The highest BCUT2D eigenvalue weighted by Gasteiger charge is 2.10. The Morgan fingerprint density at radius 1 is 1.00 bits per heavy atom. The Bertz CT molecular complexity index is 828. The second kappa shape index (κ2) is 12.8. The van der Waals surface area contributed by atoms with Gasteiger partial charge in [0, 0.05) is 18.8 Å². The van der Waals surface area contributed by atoms with Gasteiger partial charge in [-0.1, -0.05) is 36.8 Å². The highest BCUT2D eigenvalue weighted by Crippen LogP contribution is 2.17. The molecule has 0 aliphatic carbocycles. The fraction of sp³-hybridized carbons (Fsp3) is 0.391. The van der Waals surface area contributed by atoms with Crippen molar-refractivity contribution in [3.63, 3.8) is 0 Å². The van der Waals surface area contributed by atoms with E-state index in [-0.39, 0.29) is 6.03 Å². The van der Waals surface area contributed by atoms with Crippen molar-refractivity contribution in [1.82, 2.24) is 21.1 Å². The van der Waals surface area contributed by atoms with E-state index in [1.807, 2.05) is 24.3 Å². The number of thiocarbonyl (C=S) groups is 1. The minimum atomic E-state index is -0.386. The van der Waals surface area contributed by atoms with Crippen LogP contribution in [-0.2, 0) is 6.54 Å². The van der Waals surface area contributed by atoms with Crippen LogP contribution in [-0.4, -0.2) is 42.3 Å². The third-order valence-electron chi connectivity index (χ3n) is 4.95. The van der Waals surface area contributed by atoms with E-state index in [2.05, 4.69) is 44.6 Å². The van der Waals surface area contributed by atoms with Crippen LogP contribution >= 0.6 is 12.2 Å². The van der Waals surface area contributed by atoms with E-state index in [0.29, 0.717) is 24.0 Å². The zero-order chi connectivity index (χ0) is 21.7. The number of nitrogens with one attached hydrogen (secondary N) is 4. The Morgan fingerprint density at radius 3 is 2.61 bits per heavy atom. The lowest BCUT2D eigenvalue weighted by Gasteiger charge is -2.26. The molecule has 0 atom stereocenters. The predicted molar refractivity (Wildman–Crippen MR) is 128 cm³/mol. The molecule has 0 radical (unpaired) electrons. The van der Waals surface area contributed by atoms with Crippen LogP contribution in [0.25, 0.3) is 0 Å². The van der Waals surface area contributed by atoms with Gasteiger partial charge in [-0.25, -0.2) is 10.2 Å². The number of hydrogen-bond acceptors (Lipinski definition) is 4. The van der Waals surface area contributed by atoms with Crippen molar-refractivity contribution in [2.45, 2.75) is 32.2 Å². The van der Waals surface area contributed by atoms with Crippen molar-refractivity contribution in [2.75, 3.05) is 31.6 Å². The standard InChI is InChI=1S/C23H31N5O2S/c29-22(25-20-10-3-1-4-11-20)26-27-23(31)24-13-8-16-30-21-12-7-9-19(17-21)18-28-14-5-2-6-15-28/h1,3-4,7,9-12,17H,2,5-6,8,13-16,18H2,(H2,24,27,31)(H2,25,26,29). The van der Waals surface area contributed by atoms with Gasteiger partial charge in [0.1, 0.15) is 5.75 Å². The molecule has 1 aliphatic rings. The largest absolute Gasteiger partial charge is 0.494 e. The Balaban J connectivity index is 1.26. The summed E-state index contributed by atoms with van der Waals surface area (Å²) in [6, 6.07) is 17.1. The zero-order valence-electron chi connectivity index (χ0n) is 17.7. The summed E-state index contributed by atoms with van der Waals surface area (Å²) >= 11 is 5.16. The lowest BCUT2D eigenvalue weighted by atomic mass is 10.1. The maximum Gasteiger partial charge on any atom is 0.337 e. The fourth-order valence-corrected chi connectivity index (χ4v) is 3.57. The van der Waals surface area contributed by atoms with Crippen molar-refractivity contribution in [3.8, 4) is 5.75 Å². The van der Waals surface area contributed by atoms with Crippen LogP contribution in [0.1, 0.15) is 31.2 Å². The number of urea groups is 1. The van der Waals surface area contributed by atoms with E-state index in [9.17, 15) is 4.79 Å². The second-order valence-corrected chi connectivity index (χ2v) is 7.92. The van der Waals surface area contributed by atoms with Crippen molar-refractivity contribution in [2.24, 2.45) is 0 Å². The van der Waals surface area contributed by atoms with Crippen LogP contribution in [0.5, 0.6) is 5.75 Å². The molecule has 2 amide bonds. The molecule has 2 aromatic rings. The van der Waals surface area contributed by atoms with E-state index in [1.165, 1.54) is 37.9 Å². The number of ether oxygens (including phenoxy) is 1. The molecule has 3 rings (SSSR count). The van der Waals surface area contributed by atoms with Gasteiger partial charge >= 0.3 is 6.03 Å². The molecule has 0 spiro atoms. The third-order valence-corrected chi connectivity index (χ3v) is 5.20. The molecule has 8 heteroatoms. The van der Waals surface area contributed by atoms with E-state index < -0.39 is 0 Å². The summed E-state index contributed by atoms with van der Waals surface area (Å²) in [6.45, 7) is 4.59. The monoisotopic (exact) mass is 441 g/mol. The third kappa shape index (κ3) is 8.82. The molecule has 31 heavy (non-hydrogen) atoms. The summed E-state index contributed by atoms with van der Waals surface area (Å²) < 4.78 is 5.88. The molecule has 1 saturated heterocycles. The summed E-state index contributed by atoms with van der Waals surface area (Å²) in [6.07, 6.45) is 4.73. The predicted octanol–water partition coefficient (Wildman–Crippen LogP) is 3.64. The number of piperidine rings is 1. The first-order valence-corrected chi connectivity index (χ1v) is 11.2. The molecule has 2 aromatic carbocycles. The molecule has 1 heterocycles. The summed E-state index contributed by atoms with van der Waals surface area (Å²) in [5.41, 5.74) is 7.17. The number of amides is 2. The summed E-state index contributed by atoms with van der Waals surface area (Å²) in [5, 5.41) is 6.10. The topological polar surface area (TPSA) is 77.7 Å². The van der Waals surface area contributed by atoms with Crippen LogP contribution in [0.2, 0.25) is 0 Å². The Hall–Kier alpha value is -2.84. The second-order valence-electron chi connectivity index (χ2n) is 7.51. The normalized spacial score (nSPS) is 13.8. The maximum atomic E-state index is 11.8. The van der Waals surface area contributed by atoms with Crippen LogP contribution < -0.4 is 26.2 Å². The van der Waals surface area contributed by atoms with Gasteiger partial charge in [0.05, 0.1) is 6.61 Å². The van der Waals surface area contributed by atoms with Gasteiger partial charge in [-0.3, -0.25) is 10.3 Å². The molecular weight excluding hydrogens is 410 g/mol. The molecule has 7 nitrogen and oxygen atoms in total. The van der Waals surface area contributed by atoms with Crippen LogP contribution in [0.3, 0.4) is 0 Å². The highest BCUT2D eigenvalue weighted by molar-refractivity contribution is 7.80. The van der Waals surface area contributed by atoms with Gasteiger partial charge in [-0.05, 0) is 74.4 Å². The lowest BCUT2D eigenvalue weighted by molar-refractivity contribution is 0.220. The van der Waals surface area contributed by atoms with Crippen molar-refractivity contribution in [3.05, 3.63) is 60.2 Å². The zero-order valence-corrected chi connectivity index (χ0v) is 18.5. The minimum absolute atomic E-state index is 0.353. The van der Waals surface area contributed by atoms with E-state index in [4.69, 9.17) is 17.0 Å². The Morgan fingerprint density at radius 2 is 1.81 bits per heavy atom. The smallest absolute Gasteiger partial charge is 0.337 e. The van der Waals surface area contributed by atoms with Crippen molar-refractivity contribution < 1.29 is 9.53 Å². The van der Waals surface area contributed by atoms with Gasteiger partial charge in [0.2, 0.25) is 0 Å². The first-order chi connectivity index (χ1) is 15.2. The van der Waals surface area contributed by atoms with E-state index >= 15 is 0 Å². The van der Waals surface area contributed by atoms with Crippen LogP contribution in [0.15, 0.2) is 54.6 Å².